The smallest absolute Gasteiger partial charge is 0.251 e. The Hall–Kier alpha value is -2.16. The lowest BCUT2D eigenvalue weighted by atomic mass is 10.2. The van der Waals surface area contributed by atoms with Crippen LogP contribution in [-0.4, -0.2) is 36.3 Å². The van der Waals surface area contributed by atoms with Crippen molar-refractivity contribution in [2.75, 3.05) is 13.1 Å². The molecule has 1 aromatic heterocycles. The summed E-state index contributed by atoms with van der Waals surface area (Å²) >= 11 is 5.91. The van der Waals surface area contributed by atoms with Crippen LogP contribution in [0.2, 0.25) is 5.02 Å². The standard InChI is InChI=1S/C18H20ClN3O4S/c19-15-5-3-4-14(10-15)11-20-17(23)13-21-12-16(6-7-18(21)24)27(25,26)22-8-1-2-9-22/h3-7,10,12H,1-2,8-9,11,13H2,(H,20,23). The number of carbonyl (C=O) groups excluding carboxylic acids is 1. The van der Waals surface area contributed by atoms with Gasteiger partial charge in [0.2, 0.25) is 15.9 Å². The monoisotopic (exact) mass is 409 g/mol. The fourth-order valence-electron chi connectivity index (χ4n) is 2.92. The third-order valence-electron chi connectivity index (χ3n) is 4.35. The van der Waals surface area contributed by atoms with E-state index < -0.39 is 21.5 Å². The number of rotatable bonds is 6. The van der Waals surface area contributed by atoms with Crippen LogP contribution in [0.1, 0.15) is 18.4 Å². The zero-order chi connectivity index (χ0) is 19.4. The Labute approximate surface area is 162 Å². The van der Waals surface area contributed by atoms with Gasteiger partial charge in [0, 0.05) is 36.9 Å². The van der Waals surface area contributed by atoms with E-state index in [0.717, 1.165) is 23.0 Å². The molecule has 0 spiro atoms. The van der Waals surface area contributed by atoms with Crippen LogP contribution in [0.15, 0.2) is 52.3 Å². The summed E-state index contributed by atoms with van der Waals surface area (Å²) in [4.78, 5) is 24.2. The highest BCUT2D eigenvalue weighted by atomic mass is 35.5. The van der Waals surface area contributed by atoms with Gasteiger partial charge in [-0.05, 0) is 36.6 Å². The van der Waals surface area contributed by atoms with Crippen LogP contribution in [0, 0.1) is 0 Å². The molecule has 144 valence electrons. The summed E-state index contributed by atoms with van der Waals surface area (Å²) in [5, 5.41) is 3.27. The first-order valence-electron chi connectivity index (χ1n) is 8.58. The zero-order valence-corrected chi connectivity index (χ0v) is 16.2. The lowest BCUT2D eigenvalue weighted by molar-refractivity contribution is -0.121. The van der Waals surface area contributed by atoms with Gasteiger partial charge in [-0.25, -0.2) is 8.42 Å². The minimum Gasteiger partial charge on any atom is -0.350 e. The Kier molecular flexibility index (Phi) is 5.98. The van der Waals surface area contributed by atoms with Gasteiger partial charge in [0.15, 0.2) is 0 Å². The first-order chi connectivity index (χ1) is 12.9. The predicted octanol–water partition coefficient (Wildman–Crippen LogP) is 1.60. The molecule has 1 saturated heterocycles. The predicted molar refractivity (Wildman–Crippen MR) is 102 cm³/mol. The first-order valence-corrected chi connectivity index (χ1v) is 10.4. The Morgan fingerprint density at radius 3 is 2.59 bits per heavy atom. The van der Waals surface area contributed by atoms with E-state index in [1.54, 1.807) is 18.2 Å². The summed E-state index contributed by atoms with van der Waals surface area (Å²) in [5.74, 6) is -0.396. The summed E-state index contributed by atoms with van der Waals surface area (Å²) in [5.41, 5.74) is 0.391. The van der Waals surface area contributed by atoms with Crippen LogP contribution in [0.25, 0.3) is 0 Å². The third-order valence-corrected chi connectivity index (χ3v) is 6.47. The molecular weight excluding hydrogens is 390 g/mol. The number of halogens is 1. The van der Waals surface area contributed by atoms with Crippen molar-refractivity contribution < 1.29 is 13.2 Å². The molecule has 0 saturated carbocycles. The number of sulfonamides is 1. The zero-order valence-electron chi connectivity index (χ0n) is 14.6. The highest BCUT2D eigenvalue weighted by molar-refractivity contribution is 7.89. The number of benzene rings is 1. The highest BCUT2D eigenvalue weighted by Gasteiger charge is 2.27. The molecule has 2 aromatic rings. The molecule has 3 rings (SSSR count). The molecule has 0 radical (unpaired) electrons. The van der Waals surface area contributed by atoms with E-state index in [-0.39, 0.29) is 18.0 Å². The molecule has 1 aromatic carbocycles. The van der Waals surface area contributed by atoms with Gasteiger partial charge in [0.25, 0.3) is 5.56 Å². The van der Waals surface area contributed by atoms with Crippen LogP contribution in [0.4, 0.5) is 0 Å². The molecule has 1 fully saturated rings. The topological polar surface area (TPSA) is 88.5 Å². The second kappa shape index (κ2) is 8.24. The average molecular weight is 410 g/mol. The molecule has 1 amide bonds. The molecule has 0 unspecified atom stereocenters. The number of pyridine rings is 1. The van der Waals surface area contributed by atoms with Crippen molar-refractivity contribution in [2.24, 2.45) is 0 Å². The minimum atomic E-state index is -3.65. The molecule has 2 heterocycles. The molecule has 1 aliphatic rings. The maximum Gasteiger partial charge on any atom is 0.251 e. The van der Waals surface area contributed by atoms with Gasteiger partial charge in [0.1, 0.15) is 6.54 Å². The molecule has 1 aliphatic heterocycles. The van der Waals surface area contributed by atoms with E-state index in [4.69, 9.17) is 11.6 Å². The van der Waals surface area contributed by atoms with E-state index >= 15 is 0 Å². The Balaban J connectivity index is 1.71. The maximum atomic E-state index is 12.6. The summed E-state index contributed by atoms with van der Waals surface area (Å²) in [6, 6.07) is 9.53. The van der Waals surface area contributed by atoms with Crippen molar-refractivity contribution in [2.45, 2.75) is 30.8 Å². The second-order valence-electron chi connectivity index (χ2n) is 6.35. The van der Waals surface area contributed by atoms with Gasteiger partial charge in [-0.2, -0.15) is 4.31 Å². The summed E-state index contributed by atoms with van der Waals surface area (Å²) in [7, 11) is -3.65. The molecule has 1 N–H and O–H groups in total. The number of amides is 1. The fourth-order valence-corrected chi connectivity index (χ4v) is 4.67. The number of hydrogen-bond acceptors (Lipinski definition) is 4. The van der Waals surface area contributed by atoms with Crippen LogP contribution < -0.4 is 10.9 Å². The normalized spacial score (nSPS) is 15.0. The van der Waals surface area contributed by atoms with E-state index in [9.17, 15) is 18.0 Å². The van der Waals surface area contributed by atoms with Crippen LogP contribution >= 0.6 is 11.6 Å². The van der Waals surface area contributed by atoms with E-state index in [2.05, 4.69) is 5.32 Å². The summed E-state index contributed by atoms with van der Waals surface area (Å²) in [6.45, 7) is 0.950. The number of aromatic nitrogens is 1. The SMILES string of the molecule is O=C(Cn1cc(S(=O)(=O)N2CCCC2)ccc1=O)NCc1cccc(Cl)c1. The van der Waals surface area contributed by atoms with Gasteiger partial charge in [-0.15, -0.1) is 0 Å². The van der Waals surface area contributed by atoms with Gasteiger partial charge < -0.3 is 9.88 Å². The fraction of sp³-hybridized carbons (Fsp3) is 0.333. The van der Waals surface area contributed by atoms with Crippen molar-refractivity contribution in [3.63, 3.8) is 0 Å². The molecule has 27 heavy (non-hydrogen) atoms. The maximum absolute atomic E-state index is 12.6. The van der Waals surface area contributed by atoms with Crippen LogP contribution in [0.3, 0.4) is 0 Å². The van der Waals surface area contributed by atoms with E-state index in [1.165, 1.54) is 22.6 Å². The van der Waals surface area contributed by atoms with Crippen molar-refractivity contribution in [3.05, 3.63) is 63.5 Å². The molecule has 0 atom stereocenters. The molecule has 7 nitrogen and oxygen atoms in total. The molecule has 9 heteroatoms. The Morgan fingerprint density at radius 2 is 1.89 bits per heavy atom. The largest absolute Gasteiger partial charge is 0.350 e. The van der Waals surface area contributed by atoms with Gasteiger partial charge in [-0.1, -0.05) is 23.7 Å². The lowest BCUT2D eigenvalue weighted by Crippen LogP contribution is -2.33. The summed E-state index contributed by atoms with van der Waals surface area (Å²) < 4.78 is 27.8. The summed E-state index contributed by atoms with van der Waals surface area (Å²) in [6.07, 6.45) is 2.88. The van der Waals surface area contributed by atoms with Crippen molar-refractivity contribution in [3.8, 4) is 0 Å². The molecule has 0 bridgehead atoms. The van der Waals surface area contributed by atoms with Crippen LogP contribution in [-0.2, 0) is 27.9 Å². The van der Waals surface area contributed by atoms with Gasteiger partial charge >= 0.3 is 0 Å². The van der Waals surface area contributed by atoms with Crippen molar-refractivity contribution in [1.29, 1.82) is 0 Å². The van der Waals surface area contributed by atoms with Crippen molar-refractivity contribution in [1.82, 2.24) is 14.2 Å². The number of nitrogens with one attached hydrogen (secondary N) is 1. The van der Waals surface area contributed by atoms with Crippen molar-refractivity contribution >= 4 is 27.5 Å². The van der Waals surface area contributed by atoms with Crippen LogP contribution in [0.5, 0.6) is 0 Å². The second-order valence-corrected chi connectivity index (χ2v) is 8.72. The Bertz CT molecular complexity index is 998. The Morgan fingerprint density at radius 1 is 1.15 bits per heavy atom. The minimum absolute atomic E-state index is 0.0200. The number of nitrogens with zero attached hydrogens (tertiary/aromatic N) is 2. The van der Waals surface area contributed by atoms with Gasteiger partial charge in [0.05, 0.1) is 4.90 Å². The number of carbonyl (C=O) groups is 1. The number of hydrogen-bond donors (Lipinski definition) is 1. The van der Waals surface area contributed by atoms with E-state index in [0.29, 0.717) is 18.1 Å². The molecular formula is C18H20ClN3O4S. The van der Waals surface area contributed by atoms with E-state index in [1.807, 2.05) is 6.07 Å². The third kappa shape index (κ3) is 4.77. The quantitative estimate of drug-likeness (QED) is 0.784. The first kappa shape index (κ1) is 19.6. The molecule has 0 aliphatic carbocycles. The lowest BCUT2D eigenvalue weighted by Gasteiger charge is -2.16. The average Bonchev–Trinajstić information content (AvgIpc) is 3.17. The highest BCUT2D eigenvalue weighted by Crippen LogP contribution is 2.19. The van der Waals surface area contributed by atoms with Gasteiger partial charge in [-0.3, -0.25) is 9.59 Å².